The third-order valence-corrected chi connectivity index (χ3v) is 6.82. The van der Waals surface area contributed by atoms with E-state index in [0.717, 1.165) is 77.6 Å². The fraction of sp³-hybridized carbons (Fsp3) is 0.680. The number of nitrogens with zero attached hydrogens (tertiary/aromatic N) is 5. The molecule has 7 heteroatoms. The summed E-state index contributed by atoms with van der Waals surface area (Å²) in [6.45, 7) is 10.2. The molecule has 178 valence electrons. The Bertz CT molecular complexity index is 710. The Morgan fingerprint density at radius 3 is 2.38 bits per heavy atom. The van der Waals surface area contributed by atoms with Gasteiger partial charge in [-0.05, 0) is 45.2 Å². The topological polar surface area (TPSA) is 54.4 Å². The third-order valence-electron chi connectivity index (χ3n) is 6.82. The summed E-state index contributed by atoms with van der Waals surface area (Å²) in [6.07, 6.45) is 4.63. The largest absolute Gasteiger partial charge is 0.356 e. The van der Waals surface area contributed by atoms with Gasteiger partial charge in [-0.1, -0.05) is 30.3 Å². The lowest BCUT2D eigenvalue weighted by molar-refractivity contribution is -0.133. The van der Waals surface area contributed by atoms with Crippen LogP contribution in [0, 0.1) is 0 Å². The molecule has 1 atom stereocenters. The van der Waals surface area contributed by atoms with Gasteiger partial charge in [0.2, 0.25) is 5.91 Å². The zero-order valence-electron chi connectivity index (χ0n) is 20.3. The van der Waals surface area contributed by atoms with Crippen molar-refractivity contribution in [1.29, 1.82) is 0 Å². The maximum atomic E-state index is 12.5. The second-order valence-electron chi connectivity index (χ2n) is 9.22. The van der Waals surface area contributed by atoms with E-state index in [1.54, 1.807) is 0 Å². The molecule has 0 spiro atoms. The number of aliphatic imine (C=N–C) groups is 1. The highest BCUT2D eigenvalue weighted by molar-refractivity contribution is 5.80. The molecule has 1 unspecified atom stereocenters. The van der Waals surface area contributed by atoms with Crippen LogP contribution in [0.3, 0.4) is 0 Å². The van der Waals surface area contributed by atoms with E-state index in [-0.39, 0.29) is 0 Å². The molecular formula is C25H42N6O. The Labute approximate surface area is 194 Å². The zero-order valence-corrected chi connectivity index (χ0v) is 20.3. The second-order valence-corrected chi connectivity index (χ2v) is 9.22. The number of nitrogens with one attached hydrogen (secondary N) is 1. The lowest BCUT2D eigenvalue weighted by Crippen LogP contribution is -2.54. The van der Waals surface area contributed by atoms with E-state index in [1.807, 2.05) is 11.9 Å². The van der Waals surface area contributed by atoms with Crippen molar-refractivity contribution in [1.82, 2.24) is 24.9 Å². The number of hydrogen-bond acceptors (Lipinski definition) is 4. The van der Waals surface area contributed by atoms with Crippen molar-refractivity contribution in [2.75, 3.05) is 66.5 Å². The molecule has 2 fully saturated rings. The molecule has 0 aromatic heterocycles. The number of rotatable bonds is 8. The molecule has 1 aromatic carbocycles. The number of guanidine groups is 1. The SMILES string of the molecule is CN=C(NCCC(C)N(C)Cc1ccccc1)N1CCN(CC(=O)N2CCCCC2)CC1. The Hall–Kier alpha value is -2.12. The summed E-state index contributed by atoms with van der Waals surface area (Å²) in [5.74, 6) is 1.28. The van der Waals surface area contributed by atoms with Crippen molar-refractivity contribution in [3.05, 3.63) is 35.9 Å². The van der Waals surface area contributed by atoms with Crippen LogP contribution in [0.4, 0.5) is 0 Å². The molecule has 2 heterocycles. The smallest absolute Gasteiger partial charge is 0.236 e. The normalized spacial score (nSPS) is 19.3. The number of amides is 1. The van der Waals surface area contributed by atoms with Crippen LogP contribution in [0.1, 0.15) is 38.2 Å². The van der Waals surface area contributed by atoms with E-state index >= 15 is 0 Å². The average molecular weight is 443 g/mol. The van der Waals surface area contributed by atoms with E-state index in [2.05, 4.69) is 69.3 Å². The molecule has 2 aliphatic rings. The summed E-state index contributed by atoms with van der Waals surface area (Å²) >= 11 is 0. The fourth-order valence-electron chi connectivity index (χ4n) is 4.53. The molecule has 1 aromatic rings. The first-order valence-corrected chi connectivity index (χ1v) is 12.3. The maximum Gasteiger partial charge on any atom is 0.236 e. The standard InChI is InChI=1S/C25H42N6O/c1-22(28(3)20-23-10-6-4-7-11-23)12-13-27-25(26-2)31-18-16-29(17-19-31)21-24(32)30-14-8-5-9-15-30/h4,6-7,10-11,22H,5,8-9,12-21H2,1-3H3,(H,26,27). The van der Waals surface area contributed by atoms with Crippen LogP contribution in [0.25, 0.3) is 0 Å². The van der Waals surface area contributed by atoms with Gasteiger partial charge < -0.3 is 15.1 Å². The minimum absolute atomic E-state index is 0.300. The quantitative estimate of drug-likeness (QED) is 0.494. The van der Waals surface area contributed by atoms with Gasteiger partial charge in [-0.2, -0.15) is 0 Å². The summed E-state index contributed by atoms with van der Waals surface area (Å²) in [5, 5.41) is 3.55. The number of carbonyl (C=O) groups excluding carboxylic acids is 1. The van der Waals surface area contributed by atoms with Crippen molar-refractivity contribution >= 4 is 11.9 Å². The Morgan fingerprint density at radius 2 is 1.72 bits per heavy atom. The first kappa shape index (κ1) is 24.5. The lowest BCUT2D eigenvalue weighted by Gasteiger charge is -2.37. The monoisotopic (exact) mass is 442 g/mol. The lowest BCUT2D eigenvalue weighted by atomic mass is 10.1. The van der Waals surface area contributed by atoms with E-state index in [9.17, 15) is 4.79 Å². The van der Waals surface area contributed by atoms with Gasteiger partial charge in [0.05, 0.1) is 6.54 Å². The third kappa shape index (κ3) is 7.48. The molecular weight excluding hydrogens is 400 g/mol. The van der Waals surface area contributed by atoms with Crippen LogP contribution in [-0.4, -0.2) is 104 Å². The van der Waals surface area contributed by atoms with Gasteiger partial charge in [-0.25, -0.2) is 0 Å². The fourth-order valence-corrected chi connectivity index (χ4v) is 4.53. The van der Waals surface area contributed by atoms with Gasteiger partial charge in [-0.15, -0.1) is 0 Å². The molecule has 0 bridgehead atoms. The Kier molecular flexibility index (Phi) is 9.81. The average Bonchev–Trinajstić information content (AvgIpc) is 2.83. The minimum Gasteiger partial charge on any atom is -0.356 e. The Balaban J connectivity index is 1.35. The number of piperidine rings is 1. The van der Waals surface area contributed by atoms with Crippen LogP contribution < -0.4 is 5.32 Å². The van der Waals surface area contributed by atoms with Crippen molar-refractivity contribution < 1.29 is 4.79 Å². The molecule has 1 N–H and O–H groups in total. The van der Waals surface area contributed by atoms with Gasteiger partial charge in [-0.3, -0.25) is 19.6 Å². The molecule has 0 saturated carbocycles. The summed E-state index contributed by atoms with van der Waals surface area (Å²) in [7, 11) is 4.05. The van der Waals surface area contributed by atoms with Crippen molar-refractivity contribution in [2.45, 2.75) is 45.2 Å². The van der Waals surface area contributed by atoms with E-state index < -0.39 is 0 Å². The number of carbonyl (C=O) groups is 1. The van der Waals surface area contributed by atoms with E-state index in [1.165, 1.54) is 12.0 Å². The molecule has 1 amide bonds. The first-order chi connectivity index (χ1) is 15.6. The van der Waals surface area contributed by atoms with Crippen molar-refractivity contribution in [2.24, 2.45) is 4.99 Å². The van der Waals surface area contributed by atoms with Crippen molar-refractivity contribution in [3.8, 4) is 0 Å². The molecule has 3 rings (SSSR count). The van der Waals surface area contributed by atoms with E-state index in [4.69, 9.17) is 0 Å². The highest BCUT2D eigenvalue weighted by Gasteiger charge is 2.24. The number of likely N-dealkylation sites (tertiary alicyclic amines) is 1. The predicted octanol–water partition coefficient (Wildman–Crippen LogP) is 2.10. The number of benzene rings is 1. The predicted molar refractivity (Wildman–Crippen MR) is 132 cm³/mol. The van der Waals surface area contributed by atoms with Crippen LogP contribution in [0.5, 0.6) is 0 Å². The zero-order chi connectivity index (χ0) is 22.8. The summed E-state index contributed by atoms with van der Waals surface area (Å²) in [4.78, 5) is 26.1. The number of piperazine rings is 1. The highest BCUT2D eigenvalue weighted by Crippen LogP contribution is 2.11. The first-order valence-electron chi connectivity index (χ1n) is 12.3. The van der Waals surface area contributed by atoms with Crippen molar-refractivity contribution in [3.63, 3.8) is 0 Å². The van der Waals surface area contributed by atoms with Gasteiger partial charge in [0.15, 0.2) is 5.96 Å². The van der Waals surface area contributed by atoms with Gasteiger partial charge in [0.25, 0.3) is 0 Å². The van der Waals surface area contributed by atoms with Crippen LogP contribution in [-0.2, 0) is 11.3 Å². The number of hydrogen-bond donors (Lipinski definition) is 1. The molecule has 2 aliphatic heterocycles. The van der Waals surface area contributed by atoms with Crippen LogP contribution in [0.2, 0.25) is 0 Å². The molecule has 7 nitrogen and oxygen atoms in total. The van der Waals surface area contributed by atoms with Crippen LogP contribution in [0.15, 0.2) is 35.3 Å². The Morgan fingerprint density at radius 1 is 1.03 bits per heavy atom. The maximum absolute atomic E-state index is 12.5. The molecule has 0 radical (unpaired) electrons. The second kappa shape index (κ2) is 12.8. The molecule has 32 heavy (non-hydrogen) atoms. The van der Waals surface area contributed by atoms with Gasteiger partial charge in [0, 0.05) is 65.4 Å². The molecule has 0 aliphatic carbocycles. The van der Waals surface area contributed by atoms with E-state index in [0.29, 0.717) is 18.5 Å². The summed E-state index contributed by atoms with van der Waals surface area (Å²) in [5.41, 5.74) is 1.35. The molecule has 2 saturated heterocycles. The summed E-state index contributed by atoms with van der Waals surface area (Å²) < 4.78 is 0. The highest BCUT2D eigenvalue weighted by atomic mass is 16.2. The van der Waals surface area contributed by atoms with Gasteiger partial charge in [0.1, 0.15) is 0 Å². The summed E-state index contributed by atoms with van der Waals surface area (Å²) in [6, 6.07) is 11.1. The van der Waals surface area contributed by atoms with Crippen LogP contribution >= 0.6 is 0 Å². The van der Waals surface area contributed by atoms with Gasteiger partial charge >= 0.3 is 0 Å². The minimum atomic E-state index is 0.300.